The SMILES string of the molecule is CCCN(C)c1nn(CC(=O)OC)c(=O)c2cc3sccc3n12. The van der Waals surface area contributed by atoms with Crippen molar-refractivity contribution in [1.29, 1.82) is 0 Å². The van der Waals surface area contributed by atoms with Crippen molar-refractivity contribution in [2.24, 2.45) is 0 Å². The Balaban J connectivity index is 2.29. The summed E-state index contributed by atoms with van der Waals surface area (Å²) in [4.78, 5) is 26.2. The summed E-state index contributed by atoms with van der Waals surface area (Å²) in [5, 5.41) is 6.39. The van der Waals surface area contributed by atoms with Crippen LogP contribution in [0.3, 0.4) is 0 Å². The first-order valence-electron chi connectivity index (χ1n) is 7.34. The largest absolute Gasteiger partial charge is 0.468 e. The molecule has 0 atom stereocenters. The maximum atomic E-state index is 12.6. The molecule has 0 saturated carbocycles. The lowest BCUT2D eigenvalue weighted by Crippen LogP contribution is -2.33. The Kier molecular flexibility index (Phi) is 4.08. The number of nitrogens with zero attached hydrogens (tertiary/aromatic N) is 4. The van der Waals surface area contributed by atoms with Gasteiger partial charge in [0.2, 0.25) is 5.95 Å². The van der Waals surface area contributed by atoms with Crippen LogP contribution in [0.5, 0.6) is 0 Å². The smallest absolute Gasteiger partial charge is 0.327 e. The monoisotopic (exact) mass is 334 g/mol. The van der Waals surface area contributed by atoms with Crippen LogP contribution in [-0.2, 0) is 16.1 Å². The Morgan fingerprint density at radius 1 is 1.43 bits per heavy atom. The lowest BCUT2D eigenvalue weighted by atomic mass is 10.4. The van der Waals surface area contributed by atoms with Gasteiger partial charge in [-0.15, -0.1) is 16.4 Å². The highest BCUT2D eigenvalue weighted by Crippen LogP contribution is 2.26. The Labute approximate surface area is 136 Å². The van der Waals surface area contributed by atoms with Gasteiger partial charge in [0.05, 0.1) is 17.3 Å². The van der Waals surface area contributed by atoms with E-state index < -0.39 is 5.97 Å². The molecule has 23 heavy (non-hydrogen) atoms. The normalized spacial score (nSPS) is 11.3. The van der Waals surface area contributed by atoms with Crippen molar-refractivity contribution in [3.8, 4) is 0 Å². The molecule has 0 aromatic carbocycles. The van der Waals surface area contributed by atoms with E-state index in [2.05, 4.69) is 16.8 Å². The Morgan fingerprint density at radius 3 is 2.91 bits per heavy atom. The third kappa shape index (κ3) is 2.59. The van der Waals surface area contributed by atoms with E-state index >= 15 is 0 Å². The van der Waals surface area contributed by atoms with Crippen molar-refractivity contribution in [3.63, 3.8) is 0 Å². The van der Waals surface area contributed by atoms with Gasteiger partial charge in [-0.05, 0) is 23.9 Å². The molecule has 3 aromatic rings. The number of hydrogen-bond acceptors (Lipinski definition) is 6. The fourth-order valence-corrected chi connectivity index (χ4v) is 3.41. The summed E-state index contributed by atoms with van der Waals surface area (Å²) in [7, 11) is 3.22. The molecule has 3 rings (SSSR count). The zero-order valence-electron chi connectivity index (χ0n) is 13.3. The van der Waals surface area contributed by atoms with E-state index in [1.54, 1.807) is 11.3 Å². The second kappa shape index (κ2) is 6.04. The van der Waals surface area contributed by atoms with Gasteiger partial charge in [0.1, 0.15) is 12.1 Å². The van der Waals surface area contributed by atoms with Gasteiger partial charge in [0.25, 0.3) is 5.56 Å². The number of hydrogen-bond donors (Lipinski definition) is 0. The van der Waals surface area contributed by atoms with Gasteiger partial charge < -0.3 is 9.64 Å². The number of carbonyl (C=O) groups is 1. The molecular weight excluding hydrogens is 316 g/mol. The second-order valence-corrected chi connectivity index (χ2v) is 6.24. The van der Waals surface area contributed by atoms with Crippen LogP contribution in [0.25, 0.3) is 15.7 Å². The summed E-state index contributed by atoms with van der Waals surface area (Å²) in [5.41, 5.74) is 1.17. The second-order valence-electron chi connectivity index (χ2n) is 5.30. The molecule has 0 unspecified atom stereocenters. The van der Waals surface area contributed by atoms with E-state index in [-0.39, 0.29) is 12.1 Å². The average molecular weight is 334 g/mol. The lowest BCUT2D eigenvalue weighted by Gasteiger charge is -2.20. The predicted molar refractivity (Wildman–Crippen MR) is 90.4 cm³/mol. The summed E-state index contributed by atoms with van der Waals surface area (Å²) in [6, 6.07) is 3.82. The maximum Gasteiger partial charge on any atom is 0.327 e. The molecule has 0 spiro atoms. The number of thiophene rings is 1. The van der Waals surface area contributed by atoms with Crippen LogP contribution >= 0.6 is 11.3 Å². The zero-order valence-corrected chi connectivity index (χ0v) is 14.1. The minimum absolute atomic E-state index is 0.197. The number of carbonyl (C=O) groups excluding carboxylic acids is 1. The van der Waals surface area contributed by atoms with E-state index in [0.717, 1.165) is 23.2 Å². The summed E-state index contributed by atoms with van der Waals surface area (Å²) < 4.78 is 8.71. The molecule has 7 nitrogen and oxygen atoms in total. The van der Waals surface area contributed by atoms with Gasteiger partial charge in [0, 0.05) is 13.6 Å². The number of anilines is 1. The highest BCUT2D eigenvalue weighted by Gasteiger charge is 2.18. The molecule has 3 aromatic heterocycles. The highest BCUT2D eigenvalue weighted by atomic mass is 32.1. The van der Waals surface area contributed by atoms with E-state index in [9.17, 15) is 9.59 Å². The quantitative estimate of drug-likeness (QED) is 0.665. The van der Waals surface area contributed by atoms with Crippen molar-refractivity contribution in [1.82, 2.24) is 14.2 Å². The molecule has 0 bridgehead atoms. The number of aromatic nitrogens is 3. The van der Waals surface area contributed by atoms with Gasteiger partial charge in [0.15, 0.2) is 0 Å². The van der Waals surface area contributed by atoms with E-state index in [4.69, 9.17) is 0 Å². The first-order chi connectivity index (χ1) is 11.1. The molecule has 0 aliphatic heterocycles. The molecule has 0 fully saturated rings. The number of ether oxygens (including phenoxy) is 1. The Hall–Kier alpha value is -2.35. The minimum atomic E-state index is -0.499. The molecule has 0 aliphatic carbocycles. The van der Waals surface area contributed by atoms with Gasteiger partial charge in [-0.1, -0.05) is 6.92 Å². The van der Waals surface area contributed by atoms with Crippen molar-refractivity contribution >= 4 is 39.0 Å². The summed E-state index contributed by atoms with van der Waals surface area (Å²) in [6.45, 7) is 2.67. The van der Waals surface area contributed by atoms with Crippen LogP contribution in [0.4, 0.5) is 5.95 Å². The van der Waals surface area contributed by atoms with Crippen LogP contribution in [0.15, 0.2) is 22.3 Å². The van der Waals surface area contributed by atoms with Crippen LogP contribution < -0.4 is 10.5 Å². The standard InChI is InChI=1S/C15H18N4O3S/c1-4-6-17(2)15-16-18(9-13(20)22-3)14(21)11-8-12-10(19(11)15)5-7-23-12/h5,7-8H,4,6,9H2,1-3H3. The van der Waals surface area contributed by atoms with Crippen LogP contribution in [0.2, 0.25) is 0 Å². The third-order valence-corrected chi connectivity index (χ3v) is 4.55. The van der Waals surface area contributed by atoms with Crippen molar-refractivity contribution < 1.29 is 9.53 Å². The molecule has 122 valence electrons. The van der Waals surface area contributed by atoms with Crippen molar-refractivity contribution in [2.75, 3.05) is 25.6 Å². The molecule has 0 N–H and O–H groups in total. The van der Waals surface area contributed by atoms with E-state index in [1.165, 1.54) is 11.8 Å². The van der Waals surface area contributed by atoms with Gasteiger partial charge >= 0.3 is 5.97 Å². The minimum Gasteiger partial charge on any atom is -0.468 e. The van der Waals surface area contributed by atoms with Crippen molar-refractivity contribution in [3.05, 3.63) is 27.9 Å². The fraction of sp³-hybridized carbons (Fsp3) is 0.400. The summed E-state index contributed by atoms with van der Waals surface area (Å²) >= 11 is 1.57. The number of methoxy groups -OCH3 is 1. The average Bonchev–Trinajstić information content (AvgIpc) is 3.11. The Bertz CT molecular complexity index is 924. The van der Waals surface area contributed by atoms with Crippen LogP contribution in [0, 0.1) is 0 Å². The molecule has 0 amide bonds. The number of fused-ring (bicyclic) bond motifs is 3. The molecule has 0 saturated heterocycles. The molecular formula is C15H18N4O3S. The van der Waals surface area contributed by atoms with Crippen LogP contribution in [-0.4, -0.2) is 40.9 Å². The molecule has 8 heteroatoms. The Morgan fingerprint density at radius 2 is 2.22 bits per heavy atom. The highest BCUT2D eigenvalue weighted by molar-refractivity contribution is 7.17. The molecule has 0 radical (unpaired) electrons. The number of esters is 1. The van der Waals surface area contributed by atoms with E-state index in [1.807, 2.05) is 33.9 Å². The van der Waals surface area contributed by atoms with Gasteiger partial charge in [-0.25, -0.2) is 4.68 Å². The summed E-state index contributed by atoms with van der Waals surface area (Å²) in [5.74, 6) is 0.139. The predicted octanol–water partition coefficient (Wildman–Crippen LogP) is 1.73. The summed E-state index contributed by atoms with van der Waals surface area (Å²) in [6.07, 6.45) is 0.948. The van der Waals surface area contributed by atoms with Crippen LogP contribution in [0.1, 0.15) is 13.3 Å². The molecule has 0 aliphatic rings. The zero-order chi connectivity index (χ0) is 16.6. The first kappa shape index (κ1) is 15.5. The third-order valence-electron chi connectivity index (χ3n) is 3.69. The topological polar surface area (TPSA) is 68.8 Å². The van der Waals surface area contributed by atoms with E-state index in [0.29, 0.717) is 11.5 Å². The van der Waals surface area contributed by atoms with Gasteiger partial charge in [-0.2, -0.15) is 0 Å². The first-order valence-corrected chi connectivity index (χ1v) is 8.22. The number of rotatable bonds is 5. The van der Waals surface area contributed by atoms with Gasteiger partial charge in [-0.3, -0.25) is 14.0 Å². The van der Waals surface area contributed by atoms with Crippen molar-refractivity contribution in [2.45, 2.75) is 19.9 Å². The molecule has 3 heterocycles. The fourth-order valence-electron chi connectivity index (χ4n) is 2.61. The lowest BCUT2D eigenvalue weighted by molar-refractivity contribution is -0.141. The maximum absolute atomic E-state index is 12.6.